The van der Waals surface area contributed by atoms with Crippen molar-refractivity contribution < 1.29 is 0 Å². The van der Waals surface area contributed by atoms with Crippen LogP contribution in [-0.2, 0) is 0 Å². The van der Waals surface area contributed by atoms with Crippen LogP contribution >= 0.6 is 0 Å². The van der Waals surface area contributed by atoms with Crippen molar-refractivity contribution in [3.63, 3.8) is 0 Å². The second-order valence-electron chi connectivity index (χ2n) is 6.50. The van der Waals surface area contributed by atoms with Gasteiger partial charge in [-0.15, -0.1) is 6.58 Å². The Labute approximate surface area is 164 Å². The summed E-state index contributed by atoms with van der Waals surface area (Å²) in [6.07, 6.45) is 5.37. The van der Waals surface area contributed by atoms with E-state index in [0.717, 1.165) is 22.5 Å². The SMILES string of the molecule is C=CCNc1ccc2c(c1)ncn2-c1ccnc(N[C@@H](C)c2ccccc2)n1. The maximum atomic E-state index is 4.67. The monoisotopic (exact) mass is 370 g/mol. The minimum absolute atomic E-state index is 0.106. The van der Waals surface area contributed by atoms with E-state index in [9.17, 15) is 0 Å². The van der Waals surface area contributed by atoms with E-state index in [4.69, 9.17) is 0 Å². The first-order chi connectivity index (χ1) is 13.7. The average molecular weight is 370 g/mol. The first kappa shape index (κ1) is 17.7. The summed E-state index contributed by atoms with van der Waals surface area (Å²) in [5.74, 6) is 1.35. The molecule has 0 saturated heterocycles. The molecule has 4 rings (SSSR count). The zero-order chi connectivity index (χ0) is 19.3. The van der Waals surface area contributed by atoms with Crippen molar-refractivity contribution >= 4 is 22.7 Å². The highest BCUT2D eigenvalue weighted by atomic mass is 15.2. The smallest absolute Gasteiger partial charge is 0.225 e. The van der Waals surface area contributed by atoms with Crippen molar-refractivity contribution in [2.45, 2.75) is 13.0 Å². The van der Waals surface area contributed by atoms with Gasteiger partial charge in [0.2, 0.25) is 5.95 Å². The minimum atomic E-state index is 0.106. The third kappa shape index (κ3) is 3.71. The Hall–Kier alpha value is -3.67. The molecule has 0 radical (unpaired) electrons. The number of anilines is 2. The largest absolute Gasteiger partial charge is 0.382 e. The summed E-state index contributed by atoms with van der Waals surface area (Å²) in [7, 11) is 0. The summed E-state index contributed by atoms with van der Waals surface area (Å²) in [6, 6.07) is 18.3. The first-order valence-electron chi connectivity index (χ1n) is 9.21. The highest BCUT2D eigenvalue weighted by Gasteiger charge is 2.10. The Balaban J connectivity index is 1.59. The van der Waals surface area contributed by atoms with Crippen LogP contribution in [0.2, 0.25) is 0 Å². The predicted molar refractivity (Wildman–Crippen MR) is 114 cm³/mol. The number of nitrogens with zero attached hydrogens (tertiary/aromatic N) is 4. The fraction of sp³-hybridized carbons (Fsp3) is 0.136. The molecule has 6 heteroatoms. The van der Waals surface area contributed by atoms with E-state index < -0.39 is 0 Å². The van der Waals surface area contributed by atoms with Crippen molar-refractivity contribution in [2.75, 3.05) is 17.2 Å². The van der Waals surface area contributed by atoms with E-state index in [0.29, 0.717) is 12.5 Å². The van der Waals surface area contributed by atoms with Crippen LogP contribution in [-0.4, -0.2) is 26.1 Å². The molecule has 0 bridgehead atoms. The number of nitrogens with one attached hydrogen (secondary N) is 2. The van der Waals surface area contributed by atoms with Crippen molar-refractivity contribution in [3.05, 3.63) is 85.3 Å². The summed E-state index contributed by atoms with van der Waals surface area (Å²) in [5.41, 5.74) is 4.09. The number of fused-ring (bicyclic) bond motifs is 1. The van der Waals surface area contributed by atoms with Gasteiger partial charge in [0.1, 0.15) is 12.1 Å². The molecule has 2 N–H and O–H groups in total. The molecule has 2 aromatic carbocycles. The van der Waals surface area contributed by atoms with Crippen molar-refractivity contribution in [3.8, 4) is 5.82 Å². The molecular weight excluding hydrogens is 348 g/mol. The van der Waals surface area contributed by atoms with Gasteiger partial charge in [-0.1, -0.05) is 36.4 Å². The summed E-state index contributed by atoms with van der Waals surface area (Å²) >= 11 is 0. The van der Waals surface area contributed by atoms with E-state index in [-0.39, 0.29) is 6.04 Å². The van der Waals surface area contributed by atoms with Gasteiger partial charge in [0.15, 0.2) is 0 Å². The highest BCUT2D eigenvalue weighted by Crippen LogP contribution is 2.22. The molecule has 0 fully saturated rings. The molecule has 1 atom stereocenters. The van der Waals surface area contributed by atoms with Crippen LogP contribution in [0.4, 0.5) is 11.6 Å². The summed E-state index contributed by atoms with van der Waals surface area (Å²) in [6.45, 7) is 6.54. The van der Waals surface area contributed by atoms with Gasteiger partial charge in [0, 0.05) is 18.4 Å². The van der Waals surface area contributed by atoms with Crippen LogP contribution in [0, 0.1) is 0 Å². The second-order valence-corrected chi connectivity index (χ2v) is 6.50. The topological polar surface area (TPSA) is 67.7 Å². The van der Waals surface area contributed by atoms with E-state index in [2.05, 4.69) is 51.2 Å². The fourth-order valence-electron chi connectivity index (χ4n) is 3.07. The van der Waals surface area contributed by atoms with Gasteiger partial charge in [0.05, 0.1) is 17.1 Å². The van der Waals surface area contributed by atoms with Crippen LogP contribution in [0.25, 0.3) is 16.9 Å². The van der Waals surface area contributed by atoms with Gasteiger partial charge in [-0.2, -0.15) is 4.98 Å². The molecule has 2 aromatic heterocycles. The Morgan fingerprint density at radius 1 is 1.11 bits per heavy atom. The predicted octanol–water partition coefficient (Wildman–Crippen LogP) is 4.59. The molecule has 0 amide bonds. The number of benzene rings is 2. The van der Waals surface area contributed by atoms with Crippen molar-refractivity contribution in [1.29, 1.82) is 0 Å². The quantitative estimate of drug-likeness (QED) is 0.466. The fourth-order valence-corrected chi connectivity index (χ4v) is 3.07. The standard InChI is InChI=1S/C22H22N6/c1-3-12-23-18-9-10-20-19(14-18)25-15-28(20)21-11-13-24-22(27-21)26-16(2)17-7-5-4-6-8-17/h3-11,13-16,23H,1,12H2,2H3,(H,24,26,27)/t16-/m0/s1. The van der Waals surface area contributed by atoms with E-state index in [1.54, 1.807) is 12.5 Å². The Morgan fingerprint density at radius 3 is 2.79 bits per heavy atom. The molecule has 0 unspecified atom stereocenters. The lowest BCUT2D eigenvalue weighted by Gasteiger charge is -2.14. The Morgan fingerprint density at radius 2 is 1.96 bits per heavy atom. The number of imidazole rings is 1. The number of aromatic nitrogens is 4. The first-order valence-corrected chi connectivity index (χ1v) is 9.21. The molecule has 0 saturated carbocycles. The number of rotatable bonds is 7. The zero-order valence-electron chi connectivity index (χ0n) is 15.7. The van der Waals surface area contributed by atoms with Gasteiger partial charge in [-0.05, 0) is 36.8 Å². The van der Waals surface area contributed by atoms with Crippen LogP contribution in [0.5, 0.6) is 0 Å². The van der Waals surface area contributed by atoms with Gasteiger partial charge < -0.3 is 10.6 Å². The number of hydrogen-bond donors (Lipinski definition) is 2. The van der Waals surface area contributed by atoms with Crippen LogP contribution in [0.1, 0.15) is 18.5 Å². The third-order valence-corrected chi connectivity index (χ3v) is 4.53. The van der Waals surface area contributed by atoms with Crippen LogP contribution in [0.15, 0.2) is 79.8 Å². The third-order valence-electron chi connectivity index (χ3n) is 4.53. The molecule has 0 aliphatic carbocycles. The van der Waals surface area contributed by atoms with Crippen molar-refractivity contribution in [1.82, 2.24) is 19.5 Å². The Kier molecular flexibility index (Phi) is 5.01. The molecule has 0 aliphatic heterocycles. The lowest BCUT2D eigenvalue weighted by Crippen LogP contribution is -2.10. The second kappa shape index (κ2) is 7.92. The van der Waals surface area contributed by atoms with Crippen molar-refractivity contribution in [2.24, 2.45) is 0 Å². The molecule has 28 heavy (non-hydrogen) atoms. The van der Waals surface area contributed by atoms with E-state index in [1.807, 2.05) is 53.1 Å². The molecule has 0 spiro atoms. The average Bonchev–Trinajstić information content (AvgIpc) is 3.16. The summed E-state index contributed by atoms with van der Waals surface area (Å²) in [5, 5.41) is 6.64. The number of hydrogen-bond acceptors (Lipinski definition) is 5. The van der Waals surface area contributed by atoms with E-state index >= 15 is 0 Å². The van der Waals surface area contributed by atoms with Gasteiger partial charge in [-0.25, -0.2) is 9.97 Å². The maximum Gasteiger partial charge on any atom is 0.225 e. The molecule has 0 aliphatic rings. The van der Waals surface area contributed by atoms with E-state index in [1.165, 1.54) is 5.56 Å². The lowest BCUT2D eigenvalue weighted by molar-refractivity contribution is 0.854. The molecule has 2 heterocycles. The molecular formula is C22H22N6. The normalized spacial score (nSPS) is 11.9. The van der Waals surface area contributed by atoms with Crippen LogP contribution in [0.3, 0.4) is 0 Å². The lowest BCUT2D eigenvalue weighted by atomic mass is 10.1. The van der Waals surface area contributed by atoms with Gasteiger partial charge >= 0.3 is 0 Å². The molecule has 6 nitrogen and oxygen atoms in total. The highest BCUT2D eigenvalue weighted by molar-refractivity contribution is 5.81. The van der Waals surface area contributed by atoms with Gasteiger partial charge in [-0.3, -0.25) is 4.57 Å². The summed E-state index contributed by atoms with van der Waals surface area (Å²) < 4.78 is 1.96. The maximum absolute atomic E-state index is 4.67. The van der Waals surface area contributed by atoms with Gasteiger partial charge in [0.25, 0.3) is 0 Å². The minimum Gasteiger partial charge on any atom is -0.382 e. The summed E-state index contributed by atoms with van der Waals surface area (Å²) in [4.78, 5) is 13.6. The van der Waals surface area contributed by atoms with Crippen LogP contribution < -0.4 is 10.6 Å². The molecule has 140 valence electrons. The Bertz CT molecular complexity index is 1090. The molecule has 4 aromatic rings. The zero-order valence-corrected chi connectivity index (χ0v) is 15.7.